The summed E-state index contributed by atoms with van der Waals surface area (Å²) in [5.74, 6) is 0. The fourth-order valence-electron chi connectivity index (χ4n) is 2.37. The molecule has 4 heteroatoms. The Bertz CT molecular complexity index is 428. The Labute approximate surface area is 93.4 Å². The van der Waals surface area contributed by atoms with Gasteiger partial charge in [0.2, 0.25) is 0 Å². The first kappa shape index (κ1) is 9.66. The van der Waals surface area contributed by atoms with Crippen LogP contribution in [0.5, 0.6) is 0 Å². The maximum Gasteiger partial charge on any atom is 0.407 e. The Morgan fingerprint density at radius 2 is 2.06 bits per heavy atom. The predicted molar refractivity (Wildman–Crippen MR) is 57.2 cm³/mol. The summed E-state index contributed by atoms with van der Waals surface area (Å²) in [6.07, 6.45) is 0.0205. The highest BCUT2D eigenvalue weighted by molar-refractivity contribution is 5.66. The van der Waals surface area contributed by atoms with E-state index in [9.17, 15) is 9.90 Å². The van der Waals surface area contributed by atoms with E-state index in [1.165, 1.54) is 10.5 Å². The first-order valence-electron chi connectivity index (χ1n) is 5.43. The molecule has 0 aromatic heterocycles. The van der Waals surface area contributed by atoms with Gasteiger partial charge in [0.1, 0.15) is 6.10 Å². The summed E-state index contributed by atoms with van der Waals surface area (Å²) in [6.45, 7) is 1.17. The van der Waals surface area contributed by atoms with Gasteiger partial charge in [-0.15, -0.1) is 0 Å². The van der Waals surface area contributed by atoms with Crippen LogP contribution in [0.3, 0.4) is 0 Å². The smallest absolute Gasteiger partial charge is 0.407 e. The molecule has 1 fully saturated rings. The van der Waals surface area contributed by atoms with Gasteiger partial charge in [0.05, 0.1) is 12.6 Å². The molecule has 0 aliphatic carbocycles. The van der Waals surface area contributed by atoms with E-state index in [0.29, 0.717) is 13.2 Å². The second-order valence-corrected chi connectivity index (χ2v) is 4.32. The molecule has 2 heterocycles. The Kier molecular flexibility index (Phi) is 2.11. The van der Waals surface area contributed by atoms with Gasteiger partial charge in [-0.3, -0.25) is 4.90 Å². The number of hydrogen-bond donors (Lipinski definition) is 1. The zero-order valence-corrected chi connectivity index (χ0v) is 8.80. The van der Waals surface area contributed by atoms with Gasteiger partial charge in [0.25, 0.3) is 0 Å². The number of fused-ring (bicyclic) bond motifs is 1. The summed E-state index contributed by atoms with van der Waals surface area (Å²) < 4.78 is 5.24. The van der Waals surface area contributed by atoms with Crippen molar-refractivity contribution in [3.05, 3.63) is 35.4 Å². The van der Waals surface area contributed by atoms with E-state index in [-0.39, 0.29) is 12.1 Å². The summed E-state index contributed by atoms with van der Waals surface area (Å²) in [4.78, 5) is 12.7. The van der Waals surface area contributed by atoms with Gasteiger partial charge < -0.3 is 9.84 Å². The largest absolute Gasteiger partial charge is 0.465 e. The molecule has 0 spiro atoms. The van der Waals surface area contributed by atoms with Crippen molar-refractivity contribution in [3.63, 3.8) is 0 Å². The van der Waals surface area contributed by atoms with Gasteiger partial charge in [-0.1, -0.05) is 24.3 Å². The zero-order valence-electron chi connectivity index (χ0n) is 8.80. The molecule has 3 rings (SSSR count). The lowest BCUT2D eigenvalue weighted by Gasteiger charge is -2.34. The number of rotatable bonds is 1. The lowest BCUT2D eigenvalue weighted by molar-refractivity contribution is 0.103. The average molecular weight is 219 g/mol. The van der Waals surface area contributed by atoms with E-state index in [4.69, 9.17) is 4.74 Å². The molecule has 2 atom stereocenters. The van der Waals surface area contributed by atoms with E-state index in [0.717, 1.165) is 12.0 Å². The topological polar surface area (TPSA) is 53.1 Å². The zero-order chi connectivity index (χ0) is 11.1. The molecule has 1 N–H and O–H groups in total. The molecule has 84 valence electrons. The van der Waals surface area contributed by atoms with Crippen molar-refractivity contribution in [3.8, 4) is 0 Å². The minimum atomic E-state index is -0.852. The number of ether oxygens (including phenoxy) is 1. The molecule has 0 saturated carbocycles. The van der Waals surface area contributed by atoms with E-state index in [1.54, 1.807) is 0 Å². The third-order valence-electron chi connectivity index (χ3n) is 3.32. The van der Waals surface area contributed by atoms with Crippen molar-refractivity contribution < 1.29 is 14.6 Å². The molecule has 1 aromatic carbocycles. The third kappa shape index (κ3) is 1.55. The number of hydrogen-bond acceptors (Lipinski definition) is 2. The molecular weight excluding hydrogens is 206 g/mol. The van der Waals surface area contributed by atoms with Crippen molar-refractivity contribution in [1.82, 2.24) is 4.90 Å². The normalized spacial score (nSPS) is 27.4. The summed E-state index contributed by atoms with van der Waals surface area (Å²) >= 11 is 0. The van der Waals surface area contributed by atoms with Crippen molar-refractivity contribution in [2.45, 2.75) is 25.1 Å². The first-order valence-corrected chi connectivity index (χ1v) is 5.43. The Hall–Kier alpha value is -1.55. The Morgan fingerprint density at radius 1 is 1.38 bits per heavy atom. The lowest BCUT2D eigenvalue weighted by atomic mass is 9.93. The number of benzene rings is 1. The molecule has 1 saturated heterocycles. The van der Waals surface area contributed by atoms with E-state index >= 15 is 0 Å². The SMILES string of the molecule is O=C(O)N1Cc2ccccc2CC1C1CO1. The van der Waals surface area contributed by atoms with Crippen molar-refractivity contribution in [2.75, 3.05) is 6.61 Å². The third-order valence-corrected chi connectivity index (χ3v) is 3.32. The molecular formula is C12H13NO3. The summed E-state index contributed by atoms with van der Waals surface area (Å²) in [6, 6.07) is 8.01. The van der Waals surface area contributed by atoms with Crippen LogP contribution in [0.25, 0.3) is 0 Å². The highest BCUT2D eigenvalue weighted by Gasteiger charge is 2.41. The molecule has 2 aliphatic rings. The molecule has 1 aromatic rings. The Balaban J connectivity index is 1.93. The van der Waals surface area contributed by atoms with Crippen LogP contribution in [-0.2, 0) is 17.7 Å². The maximum absolute atomic E-state index is 11.2. The van der Waals surface area contributed by atoms with Crippen molar-refractivity contribution >= 4 is 6.09 Å². The average Bonchev–Trinajstić information content (AvgIpc) is 3.11. The maximum atomic E-state index is 11.2. The molecule has 2 aliphatic heterocycles. The van der Waals surface area contributed by atoms with Gasteiger partial charge in [0, 0.05) is 6.54 Å². The van der Waals surface area contributed by atoms with E-state index in [2.05, 4.69) is 6.07 Å². The van der Waals surface area contributed by atoms with Gasteiger partial charge in [-0.2, -0.15) is 0 Å². The van der Waals surface area contributed by atoms with E-state index in [1.807, 2.05) is 18.2 Å². The molecule has 16 heavy (non-hydrogen) atoms. The van der Waals surface area contributed by atoms with Crippen LogP contribution >= 0.6 is 0 Å². The quantitative estimate of drug-likeness (QED) is 0.728. The fourth-order valence-corrected chi connectivity index (χ4v) is 2.37. The van der Waals surface area contributed by atoms with Crippen LogP contribution in [0.4, 0.5) is 4.79 Å². The van der Waals surface area contributed by atoms with Gasteiger partial charge in [-0.05, 0) is 17.5 Å². The van der Waals surface area contributed by atoms with Crippen molar-refractivity contribution in [1.29, 1.82) is 0 Å². The molecule has 4 nitrogen and oxygen atoms in total. The molecule has 0 bridgehead atoms. The Morgan fingerprint density at radius 3 is 2.69 bits per heavy atom. The van der Waals surface area contributed by atoms with Crippen LogP contribution < -0.4 is 0 Å². The van der Waals surface area contributed by atoms with Crippen LogP contribution in [0, 0.1) is 0 Å². The van der Waals surface area contributed by atoms with E-state index < -0.39 is 6.09 Å². The monoisotopic (exact) mass is 219 g/mol. The number of amides is 1. The number of epoxide rings is 1. The summed E-state index contributed by atoms with van der Waals surface area (Å²) in [7, 11) is 0. The minimum absolute atomic E-state index is 0.00704. The highest BCUT2D eigenvalue weighted by Crippen LogP contribution is 2.30. The first-order chi connectivity index (χ1) is 7.75. The highest BCUT2D eigenvalue weighted by atomic mass is 16.6. The standard InChI is InChI=1S/C12H13NO3/c14-12(15)13-6-9-4-2-1-3-8(9)5-10(13)11-7-16-11/h1-4,10-11H,5-7H2,(H,14,15). The molecule has 0 radical (unpaired) electrons. The molecule has 1 amide bonds. The number of nitrogens with zero attached hydrogens (tertiary/aromatic N) is 1. The van der Waals surface area contributed by atoms with Gasteiger partial charge in [0.15, 0.2) is 0 Å². The van der Waals surface area contributed by atoms with Gasteiger partial charge in [-0.25, -0.2) is 4.79 Å². The number of carbonyl (C=O) groups is 1. The van der Waals surface area contributed by atoms with Crippen molar-refractivity contribution in [2.24, 2.45) is 0 Å². The van der Waals surface area contributed by atoms with Gasteiger partial charge >= 0.3 is 6.09 Å². The second-order valence-electron chi connectivity index (χ2n) is 4.32. The van der Waals surface area contributed by atoms with Crippen LogP contribution in [-0.4, -0.2) is 34.9 Å². The predicted octanol–water partition coefficient (Wildman–Crippen LogP) is 1.49. The lowest BCUT2D eigenvalue weighted by Crippen LogP contribution is -2.46. The molecule has 2 unspecified atom stereocenters. The van der Waals surface area contributed by atoms with Crippen LogP contribution in [0.15, 0.2) is 24.3 Å². The summed E-state index contributed by atoms with van der Waals surface area (Å²) in [5.41, 5.74) is 2.36. The second kappa shape index (κ2) is 3.49. The van der Waals surface area contributed by atoms with Crippen LogP contribution in [0.1, 0.15) is 11.1 Å². The fraction of sp³-hybridized carbons (Fsp3) is 0.417. The minimum Gasteiger partial charge on any atom is -0.465 e. The number of carboxylic acid groups (broad SMARTS) is 1. The van der Waals surface area contributed by atoms with Crippen LogP contribution in [0.2, 0.25) is 0 Å². The summed E-state index contributed by atoms with van der Waals surface area (Å²) in [5, 5.41) is 9.18.